The zero-order chi connectivity index (χ0) is 62.1. The number of nitrogens with two attached hydrogens (primary N) is 1. The molecule has 1 aromatic carbocycles. The van der Waals surface area contributed by atoms with Gasteiger partial charge in [0, 0.05) is 38.4 Å². The number of carbonyl (C=O) groups excluding carboxylic acids is 11. The molecule has 1 aliphatic rings. The van der Waals surface area contributed by atoms with Crippen LogP contribution in [0, 0.1) is 17.8 Å². The molecule has 1 unspecified atom stereocenters. The van der Waals surface area contributed by atoms with Crippen LogP contribution in [0.15, 0.2) is 30.3 Å². The van der Waals surface area contributed by atoms with E-state index in [1.165, 1.54) is 13.8 Å². The van der Waals surface area contributed by atoms with Gasteiger partial charge in [-0.05, 0) is 112 Å². The van der Waals surface area contributed by atoms with E-state index in [9.17, 15) is 63.0 Å². The number of Topliss-reactive ketones (excluding diaryl/α,β-unsaturated/α-hetero) is 2. The number of ether oxygens (including phenoxy) is 2. The lowest BCUT2D eigenvalue weighted by molar-refractivity contribution is -0.136. The number of nitrogens with one attached hydrogen (secondary N) is 9. The summed E-state index contributed by atoms with van der Waals surface area (Å²) < 4.78 is 10.7. The van der Waals surface area contributed by atoms with Gasteiger partial charge in [-0.25, -0.2) is 9.59 Å². The molecule has 82 heavy (non-hydrogen) atoms. The van der Waals surface area contributed by atoms with Crippen molar-refractivity contribution >= 4 is 65.1 Å². The maximum Gasteiger partial charge on any atom is 0.407 e. The Morgan fingerprint density at radius 1 is 0.659 bits per heavy atom. The van der Waals surface area contributed by atoms with Gasteiger partial charge < -0.3 is 73.3 Å². The monoisotopic (exact) mass is 1160 g/mol. The summed E-state index contributed by atoms with van der Waals surface area (Å²) in [6.45, 7) is 18.7. The first-order valence-corrected chi connectivity index (χ1v) is 28.5. The van der Waals surface area contributed by atoms with E-state index in [2.05, 4.69) is 47.9 Å². The first kappa shape index (κ1) is 71.4. The number of alkyl carbamates (subject to hydrolysis) is 2. The van der Waals surface area contributed by atoms with Gasteiger partial charge in [0.1, 0.15) is 41.4 Å². The van der Waals surface area contributed by atoms with Crippen LogP contribution >= 0.6 is 0 Å². The van der Waals surface area contributed by atoms with Gasteiger partial charge in [-0.3, -0.25) is 43.2 Å². The zero-order valence-electron chi connectivity index (χ0n) is 50.0. The molecule has 0 aliphatic carbocycles. The Labute approximate surface area is 482 Å². The number of hydrogen-bond donors (Lipinski definition) is 12. The molecule has 25 nitrogen and oxygen atoms in total. The van der Waals surface area contributed by atoms with Crippen molar-refractivity contribution in [1.82, 2.24) is 47.9 Å². The SMILES string of the molecule is CCC[C@H](NC(=O)[C@@H](N)[C@@H](C)O)C(=O)NC1CCNC(=O)[C@@H]([C@H](C)O)CC(=O)[C@H](CCNC(=O)OC(C)(C)C)NC(=O)[C@H](CCNC(=O)OC(C)(C)C)NC(=O)[C@H](CC(C)C)CC(=O)[C@@H](Cc2ccccc2)NC(=O)[C@@H](CCC)NC1=O. The molecule has 0 spiro atoms. The lowest BCUT2D eigenvalue weighted by atomic mass is 9.88. The average Bonchev–Trinajstić information content (AvgIpc) is 3.45. The topological polar surface area (TPSA) is 381 Å². The van der Waals surface area contributed by atoms with Crippen molar-refractivity contribution in [3.8, 4) is 0 Å². The third kappa shape index (κ3) is 26.9. The normalized spacial score (nSPS) is 23.0. The third-order valence-corrected chi connectivity index (χ3v) is 13.1. The molecule has 0 saturated carbocycles. The Balaban J connectivity index is 2.87. The first-order chi connectivity index (χ1) is 38.2. The fraction of sp³-hybridized carbons (Fsp3) is 0.702. The maximum absolute atomic E-state index is 14.7. The van der Waals surface area contributed by atoms with Crippen LogP contribution in [0.1, 0.15) is 153 Å². The standard InChI is InChI=1S/C57H94N10O15/c1-13-18-39-50(75)67-43(29-35-20-16-15-17-21-35)44(70)30-36(28-32(3)4)47(72)63-41(24-27-61-55(80)82-57(10,11)12)51(76)62-38(22-26-60-54(79)81-56(7,8)9)45(71)31-37(33(5)68)48(73)59-25-23-42(52(77)64-39)65-49(74)40(19-14-2)66-53(78)46(58)34(6)69/h15-17,20-21,32-34,36-43,46,68-69H,13-14,18-19,22-31,58H2,1-12H3,(H,59,73)(H,60,79)(H,61,80)(H,62,76)(H,63,72)(H,64,77)(H,65,74)(H,66,78)(H,67,75)/t33-,34+,36+,37+,38-,39+,40-,41-,42?,43+,46-/m0/s1. The van der Waals surface area contributed by atoms with Crippen LogP contribution in [0.5, 0.6) is 0 Å². The van der Waals surface area contributed by atoms with Crippen molar-refractivity contribution in [2.45, 2.75) is 219 Å². The number of carbonyl (C=O) groups is 11. The summed E-state index contributed by atoms with van der Waals surface area (Å²) in [5.41, 5.74) is 4.71. The minimum atomic E-state index is -1.52. The summed E-state index contributed by atoms with van der Waals surface area (Å²) >= 11 is 0. The molecule has 1 saturated heterocycles. The molecule has 11 atom stereocenters. The molecule has 13 N–H and O–H groups in total. The van der Waals surface area contributed by atoms with E-state index >= 15 is 0 Å². The Bertz CT molecular complexity index is 2300. The Kier molecular flexibility index (Phi) is 30.2. The summed E-state index contributed by atoms with van der Waals surface area (Å²) in [7, 11) is 0. The lowest BCUT2D eigenvalue weighted by Gasteiger charge is -2.28. The van der Waals surface area contributed by atoms with Gasteiger partial charge in [0.15, 0.2) is 11.6 Å². The molecule has 2 rings (SSSR count). The Hall–Kier alpha value is -6.73. The summed E-state index contributed by atoms with van der Waals surface area (Å²) in [6, 6.07) is -0.986. The van der Waals surface area contributed by atoms with Crippen LogP contribution in [-0.2, 0) is 59.0 Å². The predicted molar refractivity (Wildman–Crippen MR) is 304 cm³/mol. The Morgan fingerprint density at radius 2 is 1.17 bits per heavy atom. The van der Waals surface area contributed by atoms with Crippen LogP contribution in [0.2, 0.25) is 0 Å². The molecule has 0 radical (unpaired) electrons. The molecule has 1 aliphatic heterocycles. The molecule has 9 amide bonds. The summed E-state index contributed by atoms with van der Waals surface area (Å²) in [5, 5.41) is 44.7. The van der Waals surface area contributed by atoms with Crippen LogP contribution in [0.4, 0.5) is 9.59 Å². The van der Waals surface area contributed by atoms with Crippen molar-refractivity contribution in [3.05, 3.63) is 35.9 Å². The fourth-order valence-corrected chi connectivity index (χ4v) is 8.74. The molecule has 0 bridgehead atoms. The number of benzene rings is 1. The number of aliphatic hydroxyl groups excluding tert-OH is 2. The highest BCUT2D eigenvalue weighted by molar-refractivity contribution is 5.98. The number of aliphatic hydroxyl groups is 2. The second-order valence-corrected chi connectivity index (χ2v) is 23.4. The second-order valence-electron chi connectivity index (χ2n) is 23.4. The quantitative estimate of drug-likeness (QED) is 0.0877. The van der Waals surface area contributed by atoms with Gasteiger partial charge in [0.2, 0.25) is 41.4 Å². The minimum Gasteiger partial charge on any atom is -0.444 e. The van der Waals surface area contributed by atoms with E-state index < -0.39 is 155 Å². The molecular formula is C57H94N10O15. The zero-order valence-corrected chi connectivity index (χ0v) is 50.0. The highest BCUT2D eigenvalue weighted by Crippen LogP contribution is 2.21. The average molecular weight is 1160 g/mol. The van der Waals surface area contributed by atoms with Crippen molar-refractivity contribution in [1.29, 1.82) is 0 Å². The number of hydrogen-bond acceptors (Lipinski definition) is 16. The van der Waals surface area contributed by atoms with Crippen LogP contribution < -0.4 is 53.6 Å². The van der Waals surface area contributed by atoms with E-state index in [0.29, 0.717) is 18.4 Å². The molecule has 0 aromatic heterocycles. The van der Waals surface area contributed by atoms with E-state index in [-0.39, 0.29) is 70.5 Å². The molecule has 1 heterocycles. The van der Waals surface area contributed by atoms with Crippen molar-refractivity contribution in [2.24, 2.45) is 23.5 Å². The molecule has 462 valence electrons. The lowest BCUT2D eigenvalue weighted by Crippen LogP contribution is -2.59. The predicted octanol–water partition coefficient (Wildman–Crippen LogP) is 1.37. The largest absolute Gasteiger partial charge is 0.444 e. The van der Waals surface area contributed by atoms with E-state index in [0.717, 1.165) is 0 Å². The smallest absolute Gasteiger partial charge is 0.407 e. The molecule has 1 aromatic rings. The van der Waals surface area contributed by atoms with Gasteiger partial charge in [0.05, 0.1) is 30.2 Å². The van der Waals surface area contributed by atoms with Crippen molar-refractivity contribution in [3.63, 3.8) is 0 Å². The second kappa shape index (κ2) is 34.7. The highest BCUT2D eigenvalue weighted by Gasteiger charge is 2.37. The highest BCUT2D eigenvalue weighted by atomic mass is 16.6. The molecule has 1 fully saturated rings. The van der Waals surface area contributed by atoms with Crippen LogP contribution in [0.3, 0.4) is 0 Å². The third-order valence-electron chi connectivity index (χ3n) is 13.1. The summed E-state index contributed by atoms with van der Waals surface area (Å²) in [5.74, 6) is -10.1. The summed E-state index contributed by atoms with van der Waals surface area (Å²) in [6.07, 6.45) is -5.56. The molecule has 25 heteroatoms. The summed E-state index contributed by atoms with van der Waals surface area (Å²) in [4.78, 5) is 154. The minimum absolute atomic E-state index is 0.0388. The fourth-order valence-electron chi connectivity index (χ4n) is 8.74. The van der Waals surface area contributed by atoms with E-state index in [1.54, 1.807) is 85.7 Å². The van der Waals surface area contributed by atoms with Crippen LogP contribution in [-0.4, -0.2) is 161 Å². The van der Waals surface area contributed by atoms with E-state index in [4.69, 9.17) is 15.2 Å². The van der Waals surface area contributed by atoms with Gasteiger partial charge >= 0.3 is 12.2 Å². The van der Waals surface area contributed by atoms with Gasteiger partial charge in [0.25, 0.3) is 0 Å². The Morgan fingerprint density at radius 3 is 1.68 bits per heavy atom. The number of amides is 9. The van der Waals surface area contributed by atoms with E-state index in [1.807, 2.05) is 13.8 Å². The van der Waals surface area contributed by atoms with Gasteiger partial charge in [-0.2, -0.15) is 0 Å². The molecular weight excluding hydrogens is 1060 g/mol. The van der Waals surface area contributed by atoms with Crippen LogP contribution in [0.25, 0.3) is 0 Å². The maximum atomic E-state index is 14.7. The number of rotatable bonds is 20. The first-order valence-electron chi connectivity index (χ1n) is 28.5. The van der Waals surface area contributed by atoms with Gasteiger partial charge in [-0.15, -0.1) is 0 Å². The number of ketones is 2. The van der Waals surface area contributed by atoms with Gasteiger partial charge in [-0.1, -0.05) is 70.9 Å². The van der Waals surface area contributed by atoms with Crippen molar-refractivity contribution in [2.75, 3.05) is 19.6 Å². The van der Waals surface area contributed by atoms with Crippen molar-refractivity contribution < 1.29 is 72.4 Å².